The molecule has 1 aromatic rings. The van der Waals surface area contributed by atoms with Crippen LogP contribution in [0.1, 0.15) is 26.8 Å². The second-order valence-corrected chi connectivity index (χ2v) is 7.42. The summed E-state index contributed by atoms with van der Waals surface area (Å²) in [4.78, 5) is 22.3. The average Bonchev–Trinajstić information content (AvgIpc) is 3.10. The zero-order chi connectivity index (χ0) is 16.4. The Kier molecular flexibility index (Phi) is 5.31. The molecule has 1 aromatic heterocycles. The van der Waals surface area contributed by atoms with Gasteiger partial charge in [-0.1, -0.05) is 0 Å². The standard InChI is InChI=1S/C16H25N3O3S/c1-11-15(23-12(2)17-11)16(20)19-9-13-14(10-19)22-8-6-18(13)5-4-7-21-3/h13-14H,4-10H2,1-3H3/t13-,14-/m0/s1. The van der Waals surface area contributed by atoms with Crippen molar-refractivity contribution in [2.45, 2.75) is 32.4 Å². The van der Waals surface area contributed by atoms with Crippen LogP contribution in [0.3, 0.4) is 0 Å². The Morgan fingerprint density at radius 2 is 2.26 bits per heavy atom. The molecule has 23 heavy (non-hydrogen) atoms. The van der Waals surface area contributed by atoms with Crippen molar-refractivity contribution >= 4 is 17.2 Å². The molecule has 2 aliphatic heterocycles. The Hall–Kier alpha value is -1.02. The highest BCUT2D eigenvalue weighted by Gasteiger charge is 2.42. The summed E-state index contributed by atoms with van der Waals surface area (Å²) in [5, 5.41) is 0.944. The van der Waals surface area contributed by atoms with E-state index in [9.17, 15) is 4.79 Å². The van der Waals surface area contributed by atoms with E-state index in [-0.39, 0.29) is 12.0 Å². The zero-order valence-electron chi connectivity index (χ0n) is 14.1. The summed E-state index contributed by atoms with van der Waals surface area (Å²) >= 11 is 1.49. The zero-order valence-corrected chi connectivity index (χ0v) is 14.9. The summed E-state index contributed by atoms with van der Waals surface area (Å²) < 4.78 is 11.1. The quantitative estimate of drug-likeness (QED) is 0.758. The molecule has 0 aliphatic carbocycles. The number of thiazole rings is 1. The number of nitrogens with zero attached hydrogens (tertiary/aromatic N) is 3. The number of aromatic nitrogens is 1. The van der Waals surface area contributed by atoms with E-state index in [0.29, 0.717) is 12.6 Å². The van der Waals surface area contributed by atoms with Gasteiger partial charge < -0.3 is 14.4 Å². The molecule has 0 spiro atoms. The number of fused-ring (bicyclic) bond motifs is 1. The van der Waals surface area contributed by atoms with Gasteiger partial charge in [-0.2, -0.15) is 0 Å². The lowest BCUT2D eigenvalue weighted by atomic mass is 10.1. The van der Waals surface area contributed by atoms with E-state index in [4.69, 9.17) is 9.47 Å². The second kappa shape index (κ2) is 7.25. The highest BCUT2D eigenvalue weighted by atomic mass is 32.1. The van der Waals surface area contributed by atoms with Crippen LogP contribution in [-0.2, 0) is 9.47 Å². The number of amides is 1. The lowest BCUT2D eigenvalue weighted by Crippen LogP contribution is -2.51. The van der Waals surface area contributed by atoms with E-state index in [1.165, 1.54) is 11.3 Å². The van der Waals surface area contributed by atoms with Gasteiger partial charge in [-0.05, 0) is 20.3 Å². The van der Waals surface area contributed by atoms with Crippen LogP contribution in [0, 0.1) is 13.8 Å². The molecule has 0 saturated carbocycles. The monoisotopic (exact) mass is 339 g/mol. The van der Waals surface area contributed by atoms with E-state index in [0.717, 1.165) is 54.8 Å². The minimum absolute atomic E-state index is 0.0999. The molecule has 2 atom stereocenters. The fourth-order valence-corrected chi connectivity index (χ4v) is 4.37. The normalized spacial score (nSPS) is 24.9. The van der Waals surface area contributed by atoms with Gasteiger partial charge in [0, 0.05) is 39.9 Å². The van der Waals surface area contributed by atoms with Crippen LogP contribution in [-0.4, -0.2) is 79.3 Å². The summed E-state index contributed by atoms with van der Waals surface area (Å²) in [5.41, 5.74) is 0.838. The van der Waals surface area contributed by atoms with Gasteiger partial charge in [0.05, 0.1) is 29.5 Å². The van der Waals surface area contributed by atoms with Gasteiger partial charge in [0.15, 0.2) is 0 Å². The van der Waals surface area contributed by atoms with E-state index in [1.807, 2.05) is 18.7 Å². The fourth-order valence-electron chi connectivity index (χ4n) is 3.49. The van der Waals surface area contributed by atoms with Gasteiger partial charge in [0.25, 0.3) is 5.91 Å². The van der Waals surface area contributed by atoms with Gasteiger partial charge in [-0.3, -0.25) is 9.69 Å². The van der Waals surface area contributed by atoms with Crippen molar-refractivity contribution in [2.75, 3.05) is 46.5 Å². The summed E-state index contributed by atoms with van der Waals surface area (Å²) in [6.07, 6.45) is 1.14. The number of rotatable bonds is 5. The smallest absolute Gasteiger partial charge is 0.266 e. The van der Waals surface area contributed by atoms with Gasteiger partial charge in [-0.15, -0.1) is 11.3 Å². The molecule has 6 nitrogen and oxygen atoms in total. The number of methoxy groups -OCH3 is 1. The predicted octanol–water partition coefficient (Wildman–Crippen LogP) is 1.32. The lowest BCUT2D eigenvalue weighted by Gasteiger charge is -2.36. The van der Waals surface area contributed by atoms with Crippen LogP contribution in [0.5, 0.6) is 0 Å². The molecule has 2 aliphatic rings. The first-order valence-corrected chi connectivity index (χ1v) is 8.99. The highest BCUT2D eigenvalue weighted by molar-refractivity contribution is 7.13. The molecule has 128 valence electrons. The number of morpholine rings is 1. The maximum absolute atomic E-state index is 12.8. The number of carbonyl (C=O) groups is 1. The summed E-state index contributed by atoms with van der Waals surface area (Å²) in [5.74, 6) is 0.0999. The van der Waals surface area contributed by atoms with Crippen LogP contribution < -0.4 is 0 Å². The predicted molar refractivity (Wildman–Crippen MR) is 89.1 cm³/mol. The van der Waals surface area contributed by atoms with Gasteiger partial charge >= 0.3 is 0 Å². The van der Waals surface area contributed by atoms with Gasteiger partial charge in [-0.25, -0.2) is 4.98 Å². The third-order valence-electron chi connectivity index (χ3n) is 4.60. The molecule has 0 bridgehead atoms. The van der Waals surface area contributed by atoms with E-state index in [2.05, 4.69) is 9.88 Å². The molecule has 2 saturated heterocycles. The fraction of sp³-hybridized carbons (Fsp3) is 0.750. The molecule has 0 aromatic carbocycles. The first kappa shape index (κ1) is 16.8. The Morgan fingerprint density at radius 1 is 1.43 bits per heavy atom. The van der Waals surface area contributed by atoms with Crippen LogP contribution in [0.15, 0.2) is 0 Å². The molecule has 2 fully saturated rings. The molecular formula is C16H25N3O3S. The molecule has 3 heterocycles. The number of aryl methyl sites for hydroxylation is 2. The average molecular weight is 339 g/mol. The SMILES string of the molecule is COCCCN1CCO[C@H]2CN(C(=O)c3sc(C)nc3C)C[C@@H]21. The number of carbonyl (C=O) groups excluding carboxylic acids is 1. The van der Waals surface area contributed by atoms with Crippen molar-refractivity contribution in [1.29, 1.82) is 0 Å². The van der Waals surface area contributed by atoms with Crippen LogP contribution in [0.2, 0.25) is 0 Å². The minimum Gasteiger partial charge on any atom is -0.385 e. The van der Waals surface area contributed by atoms with Gasteiger partial charge in [0.1, 0.15) is 4.88 Å². The molecule has 0 unspecified atom stereocenters. The van der Waals surface area contributed by atoms with Crippen LogP contribution in [0.4, 0.5) is 0 Å². The van der Waals surface area contributed by atoms with Crippen molar-refractivity contribution in [2.24, 2.45) is 0 Å². The topological polar surface area (TPSA) is 54.9 Å². The largest absolute Gasteiger partial charge is 0.385 e. The molecule has 0 N–H and O–H groups in total. The third kappa shape index (κ3) is 3.57. The molecule has 3 rings (SSSR count). The van der Waals surface area contributed by atoms with E-state index >= 15 is 0 Å². The maximum Gasteiger partial charge on any atom is 0.266 e. The third-order valence-corrected chi connectivity index (χ3v) is 5.66. The molecule has 1 amide bonds. The highest BCUT2D eigenvalue weighted by Crippen LogP contribution is 2.27. The van der Waals surface area contributed by atoms with Crippen LogP contribution in [0.25, 0.3) is 0 Å². The first-order valence-electron chi connectivity index (χ1n) is 8.18. The lowest BCUT2D eigenvalue weighted by molar-refractivity contribution is -0.0487. The Balaban J connectivity index is 1.66. The molecular weight excluding hydrogens is 314 g/mol. The number of ether oxygens (including phenoxy) is 2. The number of hydrogen-bond donors (Lipinski definition) is 0. The van der Waals surface area contributed by atoms with Crippen LogP contribution >= 0.6 is 11.3 Å². The maximum atomic E-state index is 12.8. The Bertz CT molecular complexity index is 563. The van der Waals surface area contributed by atoms with Crippen molar-refractivity contribution < 1.29 is 14.3 Å². The van der Waals surface area contributed by atoms with Crippen molar-refractivity contribution in [1.82, 2.24) is 14.8 Å². The van der Waals surface area contributed by atoms with E-state index in [1.54, 1.807) is 7.11 Å². The summed E-state index contributed by atoms with van der Waals surface area (Å²) in [6.45, 7) is 8.73. The number of likely N-dealkylation sites (tertiary alicyclic amines) is 1. The second-order valence-electron chi connectivity index (χ2n) is 6.22. The Morgan fingerprint density at radius 3 is 2.96 bits per heavy atom. The minimum atomic E-state index is 0.0999. The Labute approximate surface area is 141 Å². The molecule has 0 radical (unpaired) electrons. The first-order chi connectivity index (χ1) is 11.1. The summed E-state index contributed by atoms with van der Waals surface area (Å²) in [6, 6.07) is 0.305. The molecule has 7 heteroatoms. The van der Waals surface area contributed by atoms with Crippen molar-refractivity contribution in [3.8, 4) is 0 Å². The van der Waals surface area contributed by atoms with Crippen molar-refractivity contribution in [3.63, 3.8) is 0 Å². The van der Waals surface area contributed by atoms with Gasteiger partial charge in [0.2, 0.25) is 0 Å². The van der Waals surface area contributed by atoms with Crippen molar-refractivity contribution in [3.05, 3.63) is 15.6 Å². The number of hydrogen-bond acceptors (Lipinski definition) is 6. The summed E-state index contributed by atoms with van der Waals surface area (Å²) in [7, 11) is 1.73. The van der Waals surface area contributed by atoms with E-state index < -0.39 is 0 Å².